The van der Waals surface area contributed by atoms with E-state index in [1.54, 1.807) is 6.20 Å². The summed E-state index contributed by atoms with van der Waals surface area (Å²) in [5.41, 5.74) is 0.803. The molecule has 0 saturated heterocycles. The zero-order chi connectivity index (χ0) is 9.10. The molecule has 1 aromatic rings. The van der Waals surface area contributed by atoms with Crippen molar-refractivity contribution in [1.29, 1.82) is 0 Å². The van der Waals surface area contributed by atoms with Gasteiger partial charge in [0.25, 0.3) is 0 Å². The van der Waals surface area contributed by atoms with Gasteiger partial charge in [-0.25, -0.2) is 4.39 Å². The summed E-state index contributed by atoms with van der Waals surface area (Å²) >= 11 is 0. The first-order valence-corrected chi connectivity index (χ1v) is 4.63. The first-order valence-electron chi connectivity index (χ1n) is 4.63. The fourth-order valence-corrected chi connectivity index (χ4v) is 1.33. The van der Waals surface area contributed by atoms with E-state index in [1.807, 2.05) is 18.2 Å². The Kier molecular flexibility index (Phi) is 2.54. The predicted molar refractivity (Wildman–Crippen MR) is 49.1 cm³/mol. The van der Waals surface area contributed by atoms with Gasteiger partial charge in [-0.2, -0.15) is 0 Å². The molecule has 1 aliphatic carbocycles. The van der Waals surface area contributed by atoms with Crippen LogP contribution in [0.25, 0.3) is 0 Å². The summed E-state index contributed by atoms with van der Waals surface area (Å²) in [6.07, 6.45) is 4.04. The van der Waals surface area contributed by atoms with Gasteiger partial charge in [0.15, 0.2) is 0 Å². The van der Waals surface area contributed by atoms with Crippen molar-refractivity contribution in [3.63, 3.8) is 0 Å². The van der Waals surface area contributed by atoms with Crippen molar-refractivity contribution in [3.05, 3.63) is 30.1 Å². The van der Waals surface area contributed by atoms with Gasteiger partial charge in [0.2, 0.25) is 0 Å². The molecule has 70 valence electrons. The van der Waals surface area contributed by atoms with Crippen LogP contribution in [0.2, 0.25) is 0 Å². The third-order valence-corrected chi connectivity index (χ3v) is 2.21. The first-order chi connectivity index (χ1) is 6.40. The molecule has 0 aromatic carbocycles. The van der Waals surface area contributed by atoms with Crippen molar-refractivity contribution in [1.82, 2.24) is 10.3 Å². The Balaban J connectivity index is 2.02. The van der Waals surface area contributed by atoms with Gasteiger partial charge in [-0.1, -0.05) is 6.07 Å². The van der Waals surface area contributed by atoms with Gasteiger partial charge in [0.05, 0.1) is 11.7 Å². The molecule has 1 heterocycles. The summed E-state index contributed by atoms with van der Waals surface area (Å²) in [4.78, 5) is 4.13. The standard InChI is InChI=1S/C10H13FN2/c11-7-10(13-8-4-5-8)9-3-1-2-6-12-9/h1-3,6,8,10,13H,4-5,7H2. The van der Waals surface area contributed by atoms with E-state index in [1.165, 1.54) is 12.8 Å². The second-order valence-corrected chi connectivity index (χ2v) is 3.40. The summed E-state index contributed by atoms with van der Waals surface area (Å²) in [5.74, 6) is 0. The SMILES string of the molecule is FCC(NC1CC1)c1ccccn1. The van der Waals surface area contributed by atoms with Crippen molar-refractivity contribution in [2.75, 3.05) is 6.67 Å². The van der Waals surface area contributed by atoms with E-state index in [0.29, 0.717) is 6.04 Å². The Bertz CT molecular complexity index is 259. The lowest BCUT2D eigenvalue weighted by atomic mass is 10.2. The van der Waals surface area contributed by atoms with Crippen LogP contribution in [0.1, 0.15) is 24.6 Å². The van der Waals surface area contributed by atoms with Crippen molar-refractivity contribution in [3.8, 4) is 0 Å². The maximum atomic E-state index is 12.6. The van der Waals surface area contributed by atoms with Crippen LogP contribution in [-0.4, -0.2) is 17.7 Å². The number of alkyl halides is 1. The highest BCUT2D eigenvalue weighted by Gasteiger charge is 2.25. The summed E-state index contributed by atoms with van der Waals surface area (Å²) in [5, 5.41) is 3.22. The normalized spacial score (nSPS) is 18.5. The third kappa shape index (κ3) is 2.25. The number of rotatable bonds is 4. The van der Waals surface area contributed by atoms with Gasteiger partial charge in [0, 0.05) is 12.2 Å². The smallest absolute Gasteiger partial charge is 0.110 e. The molecular weight excluding hydrogens is 167 g/mol. The fraction of sp³-hybridized carbons (Fsp3) is 0.500. The topological polar surface area (TPSA) is 24.9 Å². The number of nitrogens with zero attached hydrogens (tertiary/aromatic N) is 1. The van der Waals surface area contributed by atoms with E-state index < -0.39 is 0 Å². The lowest BCUT2D eigenvalue weighted by Gasteiger charge is -2.13. The maximum Gasteiger partial charge on any atom is 0.110 e. The van der Waals surface area contributed by atoms with Gasteiger partial charge in [-0.05, 0) is 25.0 Å². The number of hydrogen-bond donors (Lipinski definition) is 1. The summed E-state index contributed by atoms with van der Waals surface area (Å²) < 4.78 is 12.6. The van der Waals surface area contributed by atoms with Crippen LogP contribution in [0.4, 0.5) is 4.39 Å². The average Bonchev–Trinajstić information content (AvgIpc) is 2.99. The van der Waals surface area contributed by atoms with E-state index in [4.69, 9.17) is 0 Å². The van der Waals surface area contributed by atoms with Crippen LogP contribution in [0.3, 0.4) is 0 Å². The molecule has 13 heavy (non-hydrogen) atoms. The van der Waals surface area contributed by atoms with E-state index >= 15 is 0 Å². The Labute approximate surface area is 77.2 Å². The second kappa shape index (κ2) is 3.83. The van der Waals surface area contributed by atoms with Crippen LogP contribution in [0, 0.1) is 0 Å². The molecule has 2 rings (SSSR count). The van der Waals surface area contributed by atoms with Crippen LogP contribution in [0.15, 0.2) is 24.4 Å². The molecule has 0 radical (unpaired) electrons. The molecule has 0 spiro atoms. The van der Waals surface area contributed by atoms with Crippen LogP contribution >= 0.6 is 0 Å². The number of halogens is 1. The van der Waals surface area contributed by atoms with Gasteiger partial charge < -0.3 is 5.32 Å². The number of hydrogen-bond acceptors (Lipinski definition) is 2. The number of aromatic nitrogens is 1. The summed E-state index contributed by atoms with van der Waals surface area (Å²) in [6.45, 7) is -0.381. The largest absolute Gasteiger partial charge is 0.304 e. The minimum atomic E-state index is -0.381. The molecule has 3 heteroatoms. The van der Waals surface area contributed by atoms with Gasteiger partial charge >= 0.3 is 0 Å². The molecule has 0 amide bonds. The second-order valence-electron chi connectivity index (χ2n) is 3.40. The molecule has 1 aliphatic rings. The fourth-order valence-electron chi connectivity index (χ4n) is 1.33. The van der Waals surface area contributed by atoms with Crippen LogP contribution < -0.4 is 5.32 Å². The van der Waals surface area contributed by atoms with Crippen molar-refractivity contribution >= 4 is 0 Å². The molecule has 1 saturated carbocycles. The van der Waals surface area contributed by atoms with Crippen molar-refractivity contribution in [2.45, 2.75) is 24.9 Å². The molecule has 2 nitrogen and oxygen atoms in total. The molecular formula is C10H13FN2. The molecule has 1 unspecified atom stereocenters. The first kappa shape index (κ1) is 8.63. The minimum Gasteiger partial charge on any atom is -0.304 e. The van der Waals surface area contributed by atoms with E-state index in [9.17, 15) is 4.39 Å². The zero-order valence-electron chi connectivity index (χ0n) is 7.41. The molecule has 1 aromatic heterocycles. The summed E-state index contributed by atoms with van der Waals surface area (Å²) in [7, 11) is 0. The van der Waals surface area contributed by atoms with E-state index in [2.05, 4.69) is 10.3 Å². The highest BCUT2D eigenvalue weighted by atomic mass is 19.1. The van der Waals surface area contributed by atoms with Crippen LogP contribution in [-0.2, 0) is 0 Å². The van der Waals surface area contributed by atoms with Crippen molar-refractivity contribution in [2.24, 2.45) is 0 Å². The maximum absolute atomic E-state index is 12.6. The number of nitrogens with one attached hydrogen (secondary N) is 1. The predicted octanol–water partition coefficient (Wildman–Crippen LogP) is 1.84. The lowest BCUT2D eigenvalue weighted by molar-refractivity contribution is 0.374. The van der Waals surface area contributed by atoms with Gasteiger partial charge in [-0.15, -0.1) is 0 Å². The van der Waals surface area contributed by atoms with Gasteiger partial charge in [0.1, 0.15) is 6.67 Å². The monoisotopic (exact) mass is 180 g/mol. The zero-order valence-corrected chi connectivity index (χ0v) is 7.41. The molecule has 1 fully saturated rings. The third-order valence-electron chi connectivity index (χ3n) is 2.21. The minimum absolute atomic E-state index is 0.214. The summed E-state index contributed by atoms with van der Waals surface area (Å²) in [6, 6.07) is 5.89. The average molecular weight is 180 g/mol. The molecule has 0 bridgehead atoms. The Morgan fingerprint density at radius 2 is 2.38 bits per heavy atom. The Morgan fingerprint density at radius 3 is 2.92 bits per heavy atom. The highest BCUT2D eigenvalue weighted by Crippen LogP contribution is 2.23. The Hall–Kier alpha value is -0.960. The quantitative estimate of drug-likeness (QED) is 0.764. The molecule has 0 aliphatic heterocycles. The van der Waals surface area contributed by atoms with E-state index in [0.717, 1.165) is 5.69 Å². The van der Waals surface area contributed by atoms with Crippen molar-refractivity contribution < 1.29 is 4.39 Å². The van der Waals surface area contributed by atoms with Gasteiger partial charge in [-0.3, -0.25) is 4.98 Å². The molecule has 1 N–H and O–H groups in total. The van der Waals surface area contributed by atoms with Crippen LogP contribution in [0.5, 0.6) is 0 Å². The van der Waals surface area contributed by atoms with E-state index in [-0.39, 0.29) is 12.7 Å². The highest BCUT2D eigenvalue weighted by molar-refractivity contribution is 5.09. The number of pyridine rings is 1. The Morgan fingerprint density at radius 1 is 1.54 bits per heavy atom. The molecule has 1 atom stereocenters. The lowest BCUT2D eigenvalue weighted by Crippen LogP contribution is -2.25.